The quantitative estimate of drug-likeness (QED) is 0.432. The number of nitrogens with zero attached hydrogens (tertiary/aromatic N) is 1. The van der Waals surface area contributed by atoms with Gasteiger partial charge in [-0.2, -0.15) is 11.8 Å². The van der Waals surface area contributed by atoms with Crippen LogP contribution >= 0.6 is 35.7 Å². The van der Waals surface area contributed by atoms with Crippen LogP contribution in [-0.2, 0) is 0 Å². The average Bonchev–Trinajstić information content (AvgIpc) is 2.69. The zero-order chi connectivity index (χ0) is 13.6. The molecule has 2 N–H and O–H groups in total. The Morgan fingerprint density at radius 2 is 2.00 bits per heavy atom. The topological polar surface area (TPSA) is 36.4 Å². The highest BCUT2D eigenvalue weighted by atomic mass is 127. The van der Waals surface area contributed by atoms with Crippen molar-refractivity contribution < 1.29 is 0 Å². The van der Waals surface area contributed by atoms with E-state index in [4.69, 9.17) is 0 Å². The van der Waals surface area contributed by atoms with E-state index in [1.807, 2.05) is 7.05 Å². The third-order valence-electron chi connectivity index (χ3n) is 3.32. The SMILES string of the molecule is CN=C(NCCC(C)(C)C)NCC1(C)CCCS1.I. The second-order valence-electron chi connectivity index (χ2n) is 6.57. The predicted molar refractivity (Wildman–Crippen MR) is 98.9 cm³/mol. The van der Waals surface area contributed by atoms with E-state index >= 15 is 0 Å². The van der Waals surface area contributed by atoms with Gasteiger partial charge in [0.1, 0.15) is 0 Å². The third kappa shape index (κ3) is 8.27. The summed E-state index contributed by atoms with van der Waals surface area (Å²) in [6.45, 7) is 11.1. The van der Waals surface area contributed by atoms with Crippen molar-refractivity contribution in [1.82, 2.24) is 10.6 Å². The van der Waals surface area contributed by atoms with E-state index in [1.165, 1.54) is 18.6 Å². The molecule has 1 aliphatic rings. The lowest BCUT2D eigenvalue weighted by atomic mass is 9.92. The van der Waals surface area contributed by atoms with Crippen LogP contribution in [0.3, 0.4) is 0 Å². The van der Waals surface area contributed by atoms with E-state index in [9.17, 15) is 0 Å². The minimum absolute atomic E-state index is 0. The van der Waals surface area contributed by atoms with Crippen LogP contribution < -0.4 is 10.6 Å². The number of guanidine groups is 1. The molecule has 0 aromatic carbocycles. The number of halogens is 1. The Kier molecular flexibility index (Phi) is 8.75. The molecule has 0 saturated carbocycles. The fourth-order valence-corrected chi connectivity index (χ4v) is 3.27. The van der Waals surface area contributed by atoms with Crippen molar-refractivity contribution in [2.75, 3.05) is 25.9 Å². The van der Waals surface area contributed by atoms with E-state index < -0.39 is 0 Å². The largest absolute Gasteiger partial charge is 0.356 e. The first-order valence-electron chi connectivity index (χ1n) is 6.93. The van der Waals surface area contributed by atoms with Gasteiger partial charge in [0.2, 0.25) is 0 Å². The minimum Gasteiger partial charge on any atom is -0.356 e. The minimum atomic E-state index is 0. The number of nitrogens with one attached hydrogen (secondary N) is 2. The molecule has 0 aromatic rings. The van der Waals surface area contributed by atoms with Gasteiger partial charge in [0, 0.05) is 24.9 Å². The maximum Gasteiger partial charge on any atom is 0.191 e. The van der Waals surface area contributed by atoms with E-state index in [0.717, 1.165) is 25.5 Å². The molecular formula is C14H30IN3S. The molecule has 19 heavy (non-hydrogen) atoms. The summed E-state index contributed by atoms with van der Waals surface area (Å²) >= 11 is 2.08. The van der Waals surface area contributed by atoms with Crippen molar-refractivity contribution in [2.45, 2.75) is 51.7 Å². The van der Waals surface area contributed by atoms with Crippen molar-refractivity contribution >= 4 is 41.7 Å². The molecule has 0 amide bonds. The van der Waals surface area contributed by atoms with Gasteiger partial charge in [-0.25, -0.2) is 0 Å². The Hall–Kier alpha value is 0.350. The summed E-state index contributed by atoms with van der Waals surface area (Å²) < 4.78 is 0.391. The van der Waals surface area contributed by atoms with Gasteiger partial charge in [-0.3, -0.25) is 4.99 Å². The molecule has 1 fully saturated rings. The lowest BCUT2D eigenvalue weighted by Gasteiger charge is -2.25. The predicted octanol–water partition coefficient (Wildman–Crippen LogP) is 3.49. The lowest BCUT2D eigenvalue weighted by molar-refractivity contribution is 0.377. The Balaban J connectivity index is 0.00000324. The number of hydrogen-bond acceptors (Lipinski definition) is 2. The molecular weight excluding hydrogens is 369 g/mol. The van der Waals surface area contributed by atoms with E-state index in [0.29, 0.717) is 10.2 Å². The van der Waals surface area contributed by atoms with Gasteiger partial charge in [0.25, 0.3) is 0 Å². The molecule has 1 unspecified atom stereocenters. The number of thioether (sulfide) groups is 1. The van der Waals surface area contributed by atoms with Crippen molar-refractivity contribution in [2.24, 2.45) is 10.4 Å². The highest BCUT2D eigenvalue weighted by molar-refractivity contribution is 14.0. The molecule has 1 heterocycles. The molecule has 0 aromatic heterocycles. The first kappa shape index (κ1) is 19.4. The first-order chi connectivity index (χ1) is 8.35. The van der Waals surface area contributed by atoms with Crippen LogP contribution in [0.4, 0.5) is 0 Å². The molecule has 0 bridgehead atoms. The summed E-state index contributed by atoms with van der Waals surface area (Å²) in [7, 11) is 1.84. The molecule has 1 atom stereocenters. The molecule has 0 spiro atoms. The van der Waals surface area contributed by atoms with E-state index in [-0.39, 0.29) is 24.0 Å². The monoisotopic (exact) mass is 399 g/mol. The molecule has 1 saturated heterocycles. The van der Waals surface area contributed by atoms with Gasteiger partial charge in [0.15, 0.2) is 5.96 Å². The second-order valence-corrected chi connectivity index (χ2v) is 8.25. The lowest BCUT2D eigenvalue weighted by Crippen LogP contribution is -2.44. The van der Waals surface area contributed by atoms with Crippen LogP contribution in [-0.4, -0.2) is 36.6 Å². The molecule has 0 aliphatic carbocycles. The van der Waals surface area contributed by atoms with Gasteiger partial charge >= 0.3 is 0 Å². The second kappa shape index (κ2) is 8.60. The summed E-state index contributed by atoms with van der Waals surface area (Å²) in [6.07, 6.45) is 3.81. The Morgan fingerprint density at radius 3 is 2.47 bits per heavy atom. The molecule has 5 heteroatoms. The van der Waals surface area contributed by atoms with Gasteiger partial charge in [0.05, 0.1) is 0 Å². The van der Waals surface area contributed by atoms with Crippen LogP contribution in [0.5, 0.6) is 0 Å². The molecule has 0 radical (unpaired) electrons. The zero-order valence-electron chi connectivity index (χ0n) is 13.0. The van der Waals surface area contributed by atoms with E-state index in [1.54, 1.807) is 0 Å². The fourth-order valence-electron chi connectivity index (χ4n) is 2.02. The van der Waals surface area contributed by atoms with Gasteiger partial charge in [-0.1, -0.05) is 20.8 Å². The Morgan fingerprint density at radius 1 is 1.32 bits per heavy atom. The van der Waals surface area contributed by atoms with Crippen molar-refractivity contribution in [3.8, 4) is 0 Å². The van der Waals surface area contributed by atoms with Crippen LogP contribution in [0.1, 0.15) is 47.0 Å². The smallest absolute Gasteiger partial charge is 0.191 e. The molecule has 1 aliphatic heterocycles. The normalized spacial score (nSPS) is 23.9. The third-order valence-corrected chi connectivity index (χ3v) is 4.86. The average molecular weight is 399 g/mol. The van der Waals surface area contributed by atoms with E-state index in [2.05, 4.69) is 55.1 Å². The van der Waals surface area contributed by atoms with Crippen LogP contribution in [0.2, 0.25) is 0 Å². The maximum atomic E-state index is 4.28. The summed E-state index contributed by atoms with van der Waals surface area (Å²) in [5.74, 6) is 2.24. The Labute approximate surface area is 140 Å². The Bertz CT molecular complexity index is 281. The zero-order valence-corrected chi connectivity index (χ0v) is 16.2. The highest BCUT2D eigenvalue weighted by Gasteiger charge is 2.29. The van der Waals surface area contributed by atoms with Crippen LogP contribution in [0.25, 0.3) is 0 Å². The molecule has 3 nitrogen and oxygen atoms in total. The van der Waals surface area contributed by atoms with Crippen LogP contribution in [0.15, 0.2) is 4.99 Å². The van der Waals surface area contributed by atoms with Crippen LogP contribution in [0, 0.1) is 5.41 Å². The summed E-state index contributed by atoms with van der Waals surface area (Å²) in [4.78, 5) is 4.28. The summed E-state index contributed by atoms with van der Waals surface area (Å²) in [5, 5.41) is 6.85. The standard InChI is InChI=1S/C14H29N3S.HI/c1-13(2,3)8-9-16-12(15-5)17-11-14(4)7-6-10-18-14;/h6-11H2,1-5H3,(H2,15,16,17);1H. The van der Waals surface area contributed by atoms with Gasteiger partial charge < -0.3 is 10.6 Å². The van der Waals surface area contributed by atoms with Crippen molar-refractivity contribution in [3.63, 3.8) is 0 Å². The maximum absolute atomic E-state index is 4.28. The number of aliphatic imine (C=N–C) groups is 1. The molecule has 114 valence electrons. The summed E-state index contributed by atoms with van der Waals surface area (Å²) in [6, 6.07) is 0. The summed E-state index contributed by atoms with van der Waals surface area (Å²) in [5.41, 5.74) is 0.374. The first-order valence-corrected chi connectivity index (χ1v) is 7.92. The molecule has 1 rings (SSSR count). The fraction of sp³-hybridized carbons (Fsp3) is 0.929. The van der Waals surface area contributed by atoms with Crippen molar-refractivity contribution in [1.29, 1.82) is 0 Å². The number of hydrogen-bond donors (Lipinski definition) is 2. The highest BCUT2D eigenvalue weighted by Crippen LogP contribution is 2.36. The number of rotatable bonds is 4. The van der Waals surface area contributed by atoms with Crippen molar-refractivity contribution in [3.05, 3.63) is 0 Å². The van der Waals surface area contributed by atoms with Gasteiger partial charge in [-0.15, -0.1) is 24.0 Å². The van der Waals surface area contributed by atoms with Gasteiger partial charge in [-0.05, 0) is 37.4 Å².